The molecule has 1 N–H and O–H groups in total. The third kappa shape index (κ3) is 4.57. The minimum absolute atomic E-state index is 0.402. The smallest absolute Gasteiger partial charge is 0.407 e. The van der Waals surface area contributed by atoms with E-state index in [4.69, 9.17) is 0 Å². The first kappa shape index (κ1) is 12.9. The molecule has 0 atom stereocenters. The predicted molar refractivity (Wildman–Crippen MR) is 66.7 cm³/mol. The number of hydrogen-bond donors (Lipinski definition) is 1. The number of hydrogen-bond acceptors (Lipinski definition) is 3. The Hall–Kier alpha value is -1.16. The Morgan fingerprint density at radius 1 is 1.38 bits per heavy atom. The molecular formula is C12H17NO2S. The van der Waals surface area contributed by atoms with Gasteiger partial charge in [0.1, 0.15) is 0 Å². The summed E-state index contributed by atoms with van der Waals surface area (Å²) in [6.07, 6.45) is -0.402. The van der Waals surface area contributed by atoms with Crippen LogP contribution < -0.4 is 5.32 Å². The van der Waals surface area contributed by atoms with Gasteiger partial charge in [-0.3, -0.25) is 0 Å². The van der Waals surface area contributed by atoms with Gasteiger partial charge in [0.05, 0.1) is 7.11 Å². The number of nitrogens with one attached hydrogen (secondary N) is 1. The van der Waals surface area contributed by atoms with Gasteiger partial charge in [0, 0.05) is 16.7 Å². The molecule has 1 aromatic carbocycles. The molecule has 0 aliphatic rings. The Labute approximate surface area is 101 Å². The highest BCUT2D eigenvalue weighted by Gasteiger charge is 2.00. The van der Waals surface area contributed by atoms with Crippen molar-refractivity contribution in [1.29, 1.82) is 0 Å². The van der Waals surface area contributed by atoms with Gasteiger partial charge in [-0.2, -0.15) is 0 Å². The summed E-state index contributed by atoms with van der Waals surface area (Å²) in [4.78, 5) is 12.1. The third-order valence-corrected chi connectivity index (χ3v) is 2.93. The van der Waals surface area contributed by atoms with Crippen LogP contribution in [0.2, 0.25) is 0 Å². The maximum absolute atomic E-state index is 10.9. The Morgan fingerprint density at radius 2 is 2.00 bits per heavy atom. The fourth-order valence-corrected chi connectivity index (χ4v) is 2.04. The SMILES string of the molecule is COC(=O)NCc1ccc(SC(C)C)cc1. The Bertz CT molecular complexity index is 335. The predicted octanol–water partition coefficient (Wildman–Crippen LogP) is 3.04. The highest BCUT2D eigenvalue weighted by atomic mass is 32.2. The summed E-state index contributed by atoms with van der Waals surface area (Å²) in [5, 5.41) is 3.22. The largest absolute Gasteiger partial charge is 0.453 e. The van der Waals surface area contributed by atoms with Crippen LogP contribution in [0.25, 0.3) is 0 Å². The molecule has 1 aromatic rings. The number of rotatable bonds is 4. The Morgan fingerprint density at radius 3 is 2.50 bits per heavy atom. The van der Waals surface area contributed by atoms with E-state index in [1.807, 2.05) is 23.9 Å². The summed E-state index contributed by atoms with van der Waals surface area (Å²) in [6.45, 7) is 4.83. The van der Waals surface area contributed by atoms with Crippen molar-refractivity contribution in [2.24, 2.45) is 0 Å². The van der Waals surface area contributed by atoms with Crippen LogP contribution >= 0.6 is 11.8 Å². The van der Waals surface area contributed by atoms with Crippen molar-refractivity contribution in [1.82, 2.24) is 5.32 Å². The van der Waals surface area contributed by atoms with Gasteiger partial charge in [-0.15, -0.1) is 11.8 Å². The second-order valence-electron chi connectivity index (χ2n) is 3.66. The molecule has 0 spiro atoms. The molecule has 0 unspecified atom stereocenters. The minimum Gasteiger partial charge on any atom is -0.453 e. The number of carbonyl (C=O) groups excluding carboxylic acids is 1. The van der Waals surface area contributed by atoms with E-state index in [1.54, 1.807) is 0 Å². The average Bonchev–Trinajstić information content (AvgIpc) is 2.27. The van der Waals surface area contributed by atoms with Crippen LogP contribution in [0.5, 0.6) is 0 Å². The van der Waals surface area contributed by atoms with E-state index in [0.29, 0.717) is 11.8 Å². The van der Waals surface area contributed by atoms with Gasteiger partial charge in [-0.25, -0.2) is 4.79 Å². The third-order valence-electron chi connectivity index (χ3n) is 1.92. The van der Waals surface area contributed by atoms with Crippen molar-refractivity contribution in [2.75, 3.05) is 7.11 Å². The summed E-state index contributed by atoms with van der Waals surface area (Å²) < 4.78 is 4.49. The maximum Gasteiger partial charge on any atom is 0.407 e. The van der Waals surface area contributed by atoms with Crippen molar-refractivity contribution >= 4 is 17.9 Å². The van der Waals surface area contributed by atoms with Crippen LogP contribution in [-0.2, 0) is 11.3 Å². The standard InChI is InChI=1S/C12H17NO2S/c1-9(2)16-11-6-4-10(5-7-11)8-13-12(14)15-3/h4-7,9H,8H2,1-3H3,(H,13,14). The molecule has 4 heteroatoms. The molecule has 0 fully saturated rings. The molecule has 0 saturated heterocycles. The van der Waals surface area contributed by atoms with E-state index < -0.39 is 6.09 Å². The van der Waals surface area contributed by atoms with Crippen molar-refractivity contribution in [3.05, 3.63) is 29.8 Å². The molecule has 3 nitrogen and oxygen atoms in total. The maximum atomic E-state index is 10.9. The van der Waals surface area contributed by atoms with Crippen molar-refractivity contribution in [3.63, 3.8) is 0 Å². The second kappa shape index (κ2) is 6.43. The minimum atomic E-state index is -0.402. The molecule has 1 amide bonds. The molecule has 0 heterocycles. The first-order chi connectivity index (χ1) is 7.61. The van der Waals surface area contributed by atoms with Crippen LogP contribution in [0.3, 0.4) is 0 Å². The van der Waals surface area contributed by atoms with Gasteiger partial charge in [0.2, 0.25) is 0 Å². The monoisotopic (exact) mass is 239 g/mol. The van der Waals surface area contributed by atoms with Gasteiger partial charge in [0.15, 0.2) is 0 Å². The number of thioether (sulfide) groups is 1. The molecular weight excluding hydrogens is 222 g/mol. The van der Waals surface area contributed by atoms with Crippen molar-refractivity contribution < 1.29 is 9.53 Å². The lowest BCUT2D eigenvalue weighted by Gasteiger charge is -2.07. The normalized spacial score (nSPS) is 10.2. The summed E-state index contributed by atoms with van der Waals surface area (Å²) in [5.41, 5.74) is 1.07. The lowest BCUT2D eigenvalue weighted by atomic mass is 10.2. The highest BCUT2D eigenvalue weighted by molar-refractivity contribution is 7.99. The van der Waals surface area contributed by atoms with Crippen LogP contribution in [0.4, 0.5) is 4.79 Å². The van der Waals surface area contributed by atoms with Crippen LogP contribution in [0.15, 0.2) is 29.2 Å². The number of alkyl carbamates (subject to hydrolysis) is 1. The second-order valence-corrected chi connectivity index (χ2v) is 5.31. The molecule has 16 heavy (non-hydrogen) atoms. The van der Waals surface area contributed by atoms with Crippen LogP contribution in [-0.4, -0.2) is 18.5 Å². The quantitative estimate of drug-likeness (QED) is 0.821. The molecule has 0 saturated carbocycles. The zero-order valence-electron chi connectivity index (χ0n) is 9.82. The lowest BCUT2D eigenvalue weighted by molar-refractivity contribution is 0.170. The Balaban J connectivity index is 2.48. The van der Waals surface area contributed by atoms with E-state index in [1.165, 1.54) is 12.0 Å². The molecule has 88 valence electrons. The zero-order chi connectivity index (χ0) is 12.0. The zero-order valence-corrected chi connectivity index (χ0v) is 10.6. The summed E-state index contributed by atoms with van der Waals surface area (Å²) >= 11 is 1.82. The fourth-order valence-electron chi connectivity index (χ4n) is 1.20. The lowest BCUT2D eigenvalue weighted by Crippen LogP contribution is -2.22. The molecule has 0 aliphatic carbocycles. The van der Waals surface area contributed by atoms with Gasteiger partial charge in [0.25, 0.3) is 0 Å². The molecule has 0 radical (unpaired) electrons. The van der Waals surface area contributed by atoms with Gasteiger partial charge in [-0.1, -0.05) is 26.0 Å². The average molecular weight is 239 g/mol. The summed E-state index contributed by atoms with van der Waals surface area (Å²) in [6, 6.07) is 8.17. The number of carbonyl (C=O) groups is 1. The summed E-state index contributed by atoms with van der Waals surface area (Å²) in [7, 11) is 1.36. The fraction of sp³-hybridized carbons (Fsp3) is 0.417. The summed E-state index contributed by atoms with van der Waals surface area (Å²) in [5.74, 6) is 0. The first-order valence-corrected chi connectivity index (χ1v) is 6.07. The van der Waals surface area contributed by atoms with Crippen molar-refractivity contribution in [2.45, 2.75) is 30.5 Å². The van der Waals surface area contributed by atoms with E-state index >= 15 is 0 Å². The van der Waals surface area contributed by atoms with E-state index in [-0.39, 0.29) is 0 Å². The Kier molecular flexibility index (Phi) is 5.19. The van der Waals surface area contributed by atoms with Gasteiger partial charge < -0.3 is 10.1 Å². The molecule has 1 rings (SSSR count). The van der Waals surface area contributed by atoms with Crippen LogP contribution in [0, 0.1) is 0 Å². The number of methoxy groups -OCH3 is 1. The first-order valence-electron chi connectivity index (χ1n) is 5.19. The van der Waals surface area contributed by atoms with E-state index in [2.05, 4.69) is 36.0 Å². The van der Waals surface area contributed by atoms with E-state index in [9.17, 15) is 4.79 Å². The molecule has 0 aromatic heterocycles. The topological polar surface area (TPSA) is 38.3 Å². The molecule has 0 bridgehead atoms. The van der Waals surface area contributed by atoms with Gasteiger partial charge in [-0.05, 0) is 17.7 Å². The molecule has 0 aliphatic heterocycles. The van der Waals surface area contributed by atoms with E-state index in [0.717, 1.165) is 5.56 Å². The number of benzene rings is 1. The highest BCUT2D eigenvalue weighted by Crippen LogP contribution is 2.22. The van der Waals surface area contributed by atoms with Crippen molar-refractivity contribution in [3.8, 4) is 0 Å². The van der Waals surface area contributed by atoms with Crippen LogP contribution in [0.1, 0.15) is 19.4 Å². The number of ether oxygens (including phenoxy) is 1. The number of amides is 1. The van der Waals surface area contributed by atoms with Gasteiger partial charge >= 0.3 is 6.09 Å².